The second kappa shape index (κ2) is 10.8. The molecule has 0 fully saturated rings. The number of H-pyrrole nitrogens is 1. The van der Waals surface area contributed by atoms with Crippen molar-refractivity contribution in [3.05, 3.63) is 129 Å². The second-order valence-electron chi connectivity index (χ2n) is 7.61. The second-order valence-corrected chi connectivity index (χ2v) is 7.61. The molecule has 0 saturated carbocycles. The lowest BCUT2D eigenvalue weighted by molar-refractivity contribution is -0.117. The minimum atomic E-state index is -0.633. The summed E-state index contributed by atoms with van der Waals surface area (Å²) < 4.78 is 1.40. The topological polar surface area (TPSA) is 108 Å². The molecule has 0 radical (unpaired) electrons. The largest absolute Gasteiger partial charge is 0.317 e. The number of aromatic nitrogens is 2. The molecular formula is C27H23N5O3. The third-order valence-corrected chi connectivity index (χ3v) is 5.13. The quantitative estimate of drug-likeness (QED) is 0.221. The van der Waals surface area contributed by atoms with E-state index in [1.165, 1.54) is 10.9 Å². The van der Waals surface area contributed by atoms with Gasteiger partial charge in [0.05, 0.1) is 17.5 Å². The zero-order valence-electron chi connectivity index (χ0n) is 18.9. The maximum Gasteiger partial charge on any atom is 0.287 e. The maximum absolute atomic E-state index is 12.9. The molecule has 8 nitrogen and oxygen atoms in total. The van der Waals surface area contributed by atoms with Crippen molar-refractivity contribution in [1.29, 1.82) is 0 Å². The number of rotatable bonds is 7. The number of para-hydroxylation sites is 1. The van der Waals surface area contributed by atoms with Crippen LogP contribution in [-0.4, -0.2) is 27.8 Å². The number of hydrazone groups is 1. The highest BCUT2D eigenvalue weighted by molar-refractivity contribution is 6.05. The number of hydrogen-bond acceptors (Lipinski definition) is 4. The van der Waals surface area contributed by atoms with E-state index in [4.69, 9.17) is 0 Å². The van der Waals surface area contributed by atoms with E-state index in [2.05, 4.69) is 20.9 Å². The SMILES string of the molecule is Cc1[nH]n(-c2ccccc2)c(=O)c1C=NNC(=O)/C(=C\c1ccccc1)NC(=O)c1ccccc1. The van der Waals surface area contributed by atoms with Gasteiger partial charge >= 0.3 is 0 Å². The molecule has 1 aromatic heterocycles. The van der Waals surface area contributed by atoms with E-state index >= 15 is 0 Å². The van der Waals surface area contributed by atoms with Crippen molar-refractivity contribution in [2.75, 3.05) is 0 Å². The van der Waals surface area contributed by atoms with Gasteiger partial charge in [0.2, 0.25) is 0 Å². The number of amides is 2. The first-order valence-corrected chi connectivity index (χ1v) is 10.9. The molecule has 4 aromatic rings. The van der Waals surface area contributed by atoms with Gasteiger partial charge < -0.3 is 5.32 Å². The minimum absolute atomic E-state index is 0.00897. The molecule has 8 heteroatoms. The monoisotopic (exact) mass is 465 g/mol. The van der Waals surface area contributed by atoms with Crippen molar-refractivity contribution in [3.8, 4) is 5.69 Å². The van der Waals surface area contributed by atoms with Crippen molar-refractivity contribution in [1.82, 2.24) is 20.5 Å². The van der Waals surface area contributed by atoms with Gasteiger partial charge in [-0.25, -0.2) is 10.1 Å². The Labute approximate surface area is 201 Å². The van der Waals surface area contributed by atoms with Crippen LogP contribution in [0, 0.1) is 6.92 Å². The smallest absolute Gasteiger partial charge is 0.287 e. The fourth-order valence-corrected chi connectivity index (χ4v) is 3.34. The Bertz CT molecular complexity index is 1440. The number of hydrogen-bond donors (Lipinski definition) is 3. The lowest BCUT2D eigenvalue weighted by atomic mass is 10.1. The Kier molecular flexibility index (Phi) is 7.13. The summed E-state index contributed by atoms with van der Waals surface area (Å²) in [4.78, 5) is 38.4. The van der Waals surface area contributed by atoms with Gasteiger partial charge in [-0.2, -0.15) is 5.10 Å². The molecule has 0 aliphatic carbocycles. The van der Waals surface area contributed by atoms with Crippen LogP contribution >= 0.6 is 0 Å². The van der Waals surface area contributed by atoms with Crippen LogP contribution in [0.2, 0.25) is 0 Å². The third-order valence-electron chi connectivity index (χ3n) is 5.13. The van der Waals surface area contributed by atoms with E-state index in [0.717, 1.165) is 5.56 Å². The summed E-state index contributed by atoms with van der Waals surface area (Å²) in [5, 5.41) is 9.60. The van der Waals surface area contributed by atoms with Crippen molar-refractivity contribution in [3.63, 3.8) is 0 Å². The molecule has 0 saturated heterocycles. The maximum atomic E-state index is 12.9. The molecule has 3 aromatic carbocycles. The van der Waals surface area contributed by atoms with E-state index in [0.29, 0.717) is 22.5 Å². The molecule has 0 spiro atoms. The summed E-state index contributed by atoms with van der Waals surface area (Å²) in [7, 11) is 0. The molecule has 1 heterocycles. The van der Waals surface area contributed by atoms with E-state index in [1.807, 2.05) is 36.4 Å². The summed E-state index contributed by atoms with van der Waals surface area (Å²) in [6, 6.07) is 26.8. The molecule has 0 aliphatic heterocycles. The van der Waals surface area contributed by atoms with Crippen LogP contribution in [0.5, 0.6) is 0 Å². The zero-order chi connectivity index (χ0) is 24.6. The van der Waals surface area contributed by atoms with Gasteiger partial charge in [0, 0.05) is 11.3 Å². The predicted octanol–water partition coefficient (Wildman–Crippen LogP) is 3.40. The van der Waals surface area contributed by atoms with Gasteiger partial charge in [0.25, 0.3) is 17.4 Å². The summed E-state index contributed by atoms with van der Waals surface area (Å²) in [6.07, 6.45) is 2.83. The van der Waals surface area contributed by atoms with Crippen LogP contribution in [-0.2, 0) is 4.79 Å². The van der Waals surface area contributed by atoms with Gasteiger partial charge in [-0.1, -0.05) is 66.7 Å². The summed E-state index contributed by atoms with van der Waals surface area (Å²) in [6.45, 7) is 1.74. The van der Waals surface area contributed by atoms with E-state index in [1.54, 1.807) is 67.6 Å². The van der Waals surface area contributed by atoms with Crippen molar-refractivity contribution in [2.24, 2.45) is 5.10 Å². The van der Waals surface area contributed by atoms with E-state index in [9.17, 15) is 14.4 Å². The van der Waals surface area contributed by atoms with Gasteiger partial charge in [-0.3, -0.25) is 19.5 Å². The average molecular weight is 466 g/mol. The van der Waals surface area contributed by atoms with Crippen LogP contribution in [0.1, 0.15) is 27.2 Å². The Morgan fingerprint density at radius 3 is 2.14 bits per heavy atom. The normalized spacial score (nSPS) is 11.4. The molecule has 2 amide bonds. The number of carbonyl (C=O) groups is 2. The van der Waals surface area contributed by atoms with Crippen molar-refractivity contribution >= 4 is 24.1 Å². The Morgan fingerprint density at radius 2 is 1.49 bits per heavy atom. The first-order valence-electron chi connectivity index (χ1n) is 10.9. The van der Waals surface area contributed by atoms with Crippen LogP contribution in [0.25, 0.3) is 11.8 Å². The van der Waals surface area contributed by atoms with Gasteiger partial charge in [0.1, 0.15) is 5.70 Å². The predicted molar refractivity (Wildman–Crippen MR) is 135 cm³/mol. The standard InChI is InChI=1S/C27H23N5O3/c1-19-23(27(35)32(31-19)22-15-9-4-10-16-22)18-28-30-26(34)24(17-20-11-5-2-6-12-20)29-25(33)21-13-7-3-8-14-21/h2-18,31H,1H3,(H,29,33)(H,30,34)/b24-17+,28-18?. The minimum Gasteiger partial charge on any atom is -0.317 e. The number of aryl methyl sites for hydroxylation is 1. The van der Waals surface area contributed by atoms with Crippen LogP contribution < -0.4 is 16.3 Å². The molecule has 0 unspecified atom stereocenters. The molecule has 174 valence electrons. The lowest BCUT2D eigenvalue weighted by Gasteiger charge is -2.09. The molecule has 0 atom stereocenters. The molecule has 35 heavy (non-hydrogen) atoms. The van der Waals surface area contributed by atoms with Gasteiger partial charge in [-0.15, -0.1) is 0 Å². The average Bonchev–Trinajstić information content (AvgIpc) is 3.18. The molecule has 3 N–H and O–H groups in total. The fraction of sp³-hybridized carbons (Fsp3) is 0.0370. The first-order chi connectivity index (χ1) is 17.0. The number of benzene rings is 3. The number of carbonyl (C=O) groups excluding carboxylic acids is 2. The molecular weight excluding hydrogens is 442 g/mol. The Morgan fingerprint density at radius 1 is 0.886 bits per heavy atom. The van der Waals surface area contributed by atoms with Crippen LogP contribution in [0.4, 0.5) is 0 Å². The molecule has 0 aliphatic rings. The number of aromatic amines is 1. The Hall–Kier alpha value is -4.98. The number of nitrogens with zero attached hydrogens (tertiary/aromatic N) is 2. The summed E-state index contributed by atoms with van der Waals surface area (Å²) in [5.41, 5.74) is 4.81. The van der Waals surface area contributed by atoms with Gasteiger partial charge in [-0.05, 0) is 42.8 Å². The van der Waals surface area contributed by atoms with Gasteiger partial charge in [0.15, 0.2) is 0 Å². The molecule has 0 bridgehead atoms. The highest BCUT2D eigenvalue weighted by Crippen LogP contribution is 2.08. The summed E-state index contributed by atoms with van der Waals surface area (Å²) >= 11 is 0. The first kappa shape index (κ1) is 23.2. The number of nitrogens with one attached hydrogen (secondary N) is 3. The lowest BCUT2D eigenvalue weighted by Crippen LogP contribution is -2.33. The van der Waals surface area contributed by atoms with Crippen LogP contribution in [0.15, 0.2) is 107 Å². The van der Waals surface area contributed by atoms with Crippen molar-refractivity contribution in [2.45, 2.75) is 6.92 Å². The Balaban J connectivity index is 1.54. The van der Waals surface area contributed by atoms with E-state index in [-0.39, 0.29) is 11.3 Å². The van der Waals surface area contributed by atoms with Crippen molar-refractivity contribution < 1.29 is 9.59 Å². The third kappa shape index (κ3) is 5.69. The highest BCUT2D eigenvalue weighted by atomic mass is 16.2. The van der Waals surface area contributed by atoms with E-state index < -0.39 is 11.8 Å². The van der Waals surface area contributed by atoms with Crippen LogP contribution in [0.3, 0.4) is 0 Å². The molecule has 4 rings (SSSR count). The highest BCUT2D eigenvalue weighted by Gasteiger charge is 2.15. The summed E-state index contributed by atoms with van der Waals surface area (Å²) in [5.74, 6) is -1.06. The zero-order valence-corrected chi connectivity index (χ0v) is 18.9. The fourth-order valence-electron chi connectivity index (χ4n) is 3.34.